The maximum atomic E-state index is 11.9. The largest absolute Gasteiger partial charge is 0.384 e. The molecule has 1 aliphatic rings. The monoisotopic (exact) mass is 237 g/mol. The molecule has 0 spiro atoms. The predicted molar refractivity (Wildman–Crippen MR) is 73.1 cm³/mol. The second kappa shape index (κ2) is 4.65. The van der Waals surface area contributed by atoms with Gasteiger partial charge in [0.25, 0.3) is 0 Å². The summed E-state index contributed by atoms with van der Waals surface area (Å²) in [5.41, 5.74) is 4.28. The van der Waals surface area contributed by atoms with Crippen molar-refractivity contribution in [3.05, 3.63) is 65.2 Å². The van der Waals surface area contributed by atoms with Crippen LogP contribution in [0.5, 0.6) is 0 Å². The lowest BCUT2D eigenvalue weighted by Crippen LogP contribution is -2.18. The highest BCUT2D eigenvalue weighted by atomic mass is 16.1. The lowest BCUT2D eigenvalue weighted by Gasteiger charge is -2.17. The van der Waals surface area contributed by atoms with E-state index in [2.05, 4.69) is 23.5 Å². The number of benzene rings is 2. The Labute approximate surface area is 107 Å². The van der Waals surface area contributed by atoms with Crippen molar-refractivity contribution in [1.82, 2.24) is 0 Å². The van der Waals surface area contributed by atoms with Crippen LogP contribution in [0.3, 0.4) is 0 Å². The van der Waals surface area contributed by atoms with E-state index >= 15 is 0 Å². The summed E-state index contributed by atoms with van der Waals surface area (Å²) < 4.78 is 0. The molecule has 0 radical (unpaired) electrons. The molecule has 0 unspecified atom stereocenters. The summed E-state index contributed by atoms with van der Waals surface area (Å²) in [6.45, 7) is 0.754. The molecule has 1 heterocycles. The Morgan fingerprint density at radius 2 is 1.83 bits per heavy atom. The maximum Gasteiger partial charge on any atom is 0.166 e. The van der Waals surface area contributed by atoms with Crippen molar-refractivity contribution in [1.29, 1.82) is 0 Å². The molecule has 0 aromatic heterocycles. The number of Topliss-reactive ketones (excluding diaryl/α,β-unsaturated/α-hetero) is 1. The average Bonchev–Trinajstić information content (AvgIpc) is 2.41. The number of ketones is 1. The molecule has 90 valence electrons. The smallest absolute Gasteiger partial charge is 0.166 e. The first-order valence-corrected chi connectivity index (χ1v) is 6.27. The molecule has 2 aromatic carbocycles. The molecular weight excluding hydrogens is 222 g/mol. The van der Waals surface area contributed by atoms with E-state index in [9.17, 15) is 4.79 Å². The van der Waals surface area contributed by atoms with Gasteiger partial charge in [0.15, 0.2) is 5.78 Å². The molecule has 18 heavy (non-hydrogen) atoms. The van der Waals surface area contributed by atoms with E-state index < -0.39 is 0 Å². The molecule has 0 aliphatic carbocycles. The third-order valence-corrected chi connectivity index (χ3v) is 3.30. The minimum Gasteiger partial charge on any atom is -0.384 e. The van der Waals surface area contributed by atoms with E-state index in [-0.39, 0.29) is 5.78 Å². The van der Waals surface area contributed by atoms with Gasteiger partial charge in [0.05, 0.1) is 0 Å². The van der Waals surface area contributed by atoms with Crippen LogP contribution in [0.25, 0.3) is 0 Å². The van der Waals surface area contributed by atoms with Crippen LogP contribution >= 0.6 is 0 Å². The quantitative estimate of drug-likeness (QED) is 0.868. The van der Waals surface area contributed by atoms with Crippen LogP contribution in [0.15, 0.2) is 48.5 Å². The van der Waals surface area contributed by atoms with Crippen molar-refractivity contribution in [3.63, 3.8) is 0 Å². The van der Waals surface area contributed by atoms with Gasteiger partial charge in [0.1, 0.15) is 0 Å². The van der Waals surface area contributed by atoms with Gasteiger partial charge in [-0.3, -0.25) is 4.79 Å². The Kier molecular flexibility index (Phi) is 2.85. The molecule has 0 fully saturated rings. The van der Waals surface area contributed by atoms with Crippen LogP contribution in [0, 0.1) is 0 Å². The van der Waals surface area contributed by atoms with E-state index in [0.717, 1.165) is 24.2 Å². The summed E-state index contributed by atoms with van der Waals surface area (Å²) >= 11 is 0. The van der Waals surface area contributed by atoms with Crippen LogP contribution in [0.2, 0.25) is 0 Å². The van der Waals surface area contributed by atoms with Crippen molar-refractivity contribution in [2.75, 3.05) is 11.9 Å². The van der Waals surface area contributed by atoms with E-state index in [1.165, 1.54) is 11.1 Å². The fourth-order valence-electron chi connectivity index (χ4n) is 2.36. The van der Waals surface area contributed by atoms with Crippen LogP contribution in [-0.2, 0) is 6.42 Å². The molecule has 0 atom stereocenters. The zero-order valence-electron chi connectivity index (χ0n) is 10.1. The molecule has 3 rings (SSSR count). The molecule has 2 aromatic rings. The van der Waals surface area contributed by atoms with Gasteiger partial charge in [-0.15, -0.1) is 0 Å². The fraction of sp³-hybridized carbons (Fsp3) is 0.188. The van der Waals surface area contributed by atoms with Crippen molar-refractivity contribution in [2.45, 2.75) is 12.8 Å². The zero-order chi connectivity index (χ0) is 12.4. The molecule has 0 saturated carbocycles. The van der Waals surface area contributed by atoms with Crippen LogP contribution in [-0.4, -0.2) is 12.3 Å². The molecule has 1 aliphatic heterocycles. The Hall–Kier alpha value is -2.09. The second-order valence-corrected chi connectivity index (χ2v) is 4.64. The van der Waals surface area contributed by atoms with E-state index in [1.807, 2.05) is 30.3 Å². The highest BCUT2D eigenvalue weighted by Crippen LogP contribution is 2.24. The molecule has 0 saturated heterocycles. The molecular formula is C16H15NO. The third-order valence-electron chi connectivity index (χ3n) is 3.30. The number of fused-ring (bicyclic) bond motifs is 1. The average molecular weight is 237 g/mol. The summed E-state index contributed by atoms with van der Waals surface area (Å²) in [5, 5.41) is 3.26. The van der Waals surface area contributed by atoms with Crippen LogP contribution < -0.4 is 5.32 Å². The Balaban J connectivity index is 1.90. The maximum absolute atomic E-state index is 11.9. The van der Waals surface area contributed by atoms with E-state index in [1.54, 1.807) is 0 Å². The number of carbonyl (C=O) groups excluding carboxylic acids is 1. The lowest BCUT2D eigenvalue weighted by molar-refractivity contribution is 0.0983. The Morgan fingerprint density at radius 3 is 2.67 bits per heavy atom. The number of rotatable bonds is 2. The van der Waals surface area contributed by atoms with Crippen molar-refractivity contribution in [2.24, 2.45) is 0 Å². The van der Waals surface area contributed by atoms with Crippen molar-refractivity contribution >= 4 is 11.5 Å². The van der Waals surface area contributed by atoms with Crippen molar-refractivity contribution in [3.8, 4) is 0 Å². The number of carbonyl (C=O) groups is 1. The molecule has 0 bridgehead atoms. The summed E-state index contributed by atoms with van der Waals surface area (Å²) in [7, 11) is 0. The highest BCUT2D eigenvalue weighted by molar-refractivity contribution is 6.03. The van der Waals surface area contributed by atoms with Gasteiger partial charge >= 0.3 is 0 Å². The van der Waals surface area contributed by atoms with Gasteiger partial charge in [0.2, 0.25) is 0 Å². The lowest BCUT2D eigenvalue weighted by atomic mass is 9.97. The SMILES string of the molecule is O=C1CCNc2ccc(Cc3ccccc3)cc21. The number of anilines is 1. The minimum atomic E-state index is 0.249. The molecule has 2 heteroatoms. The van der Waals surface area contributed by atoms with Gasteiger partial charge in [-0.2, -0.15) is 0 Å². The van der Waals surface area contributed by atoms with E-state index in [4.69, 9.17) is 0 Å². The van der Waals surface area contributed by atoms with Gasteiger partial charge in [-0.1, -0.05) is 36.4 Å². The molecule has 1 N–H and O–H groups in total. The predicted octanol–water partition coefficient (Wildman–Crippen LogP) is 3.28. The summed E-state index contributed by atoms with van der Waals surface area (Å²) in [6.07, 6.45) is 1.48. The summed E-state index contributed by atoms with van der Waals surface area (Å²) in [6, 6.07) is 16.5. The number of hydrogen-bond donors (Lipinski definition) is 1. The summed E-state index contributed by atoms with van der Waals surface area (Å²) in [4.78, 5) is 11.9. The van der Waals surface area contributed by atoms with Gasteiger partial charge in [-0.05, 0) is 29.7 Å². The number of hydrogen-bond acceptors (Lipinski definition) is 2. The van der Waals surface area contributed by atoms with E-state index in [0.29, 0.717) is 6.42 Å². The van der Waals surface area contributed by atoms with Crippen LogP contribution in [0.4, 0.5) is 5.69 Å². The Bertz CT molecular complexity index is 575. The topological polar surface area (TPSA) is 29.1 Å². The van der Waals surface area contributed by atoms with Gasteiger partial charge < -0.3 is 5.32 Å². The van der Waals surface area contributed by atoms with Crippen LogP contribution in [0.1, 0.15) is 27.9 Å². The first kappa shape index (κ1) is 11.0. The zero-order valence-corrected chi connectivity index (χ0v) is 10.1. The van der Waals surface area contributed by atoms with Gasteiger partial charge in [0, 0.05) is 24.2 Å². The first-order valence-electron chi connectivity index (χ1n) is 6.27. The highest BCUT2D eigenvalue weighted by Gasteiger charge is 2.16. The van der Waals surface area contributed by atoms with Crippen molar-refractivity contribution < 1.29 is 4.79 Å². The third kappa shape index (κ3) is 2.14. The minimum absolute atomic E-state index is 0.249. The standard InChI is InChI=1S/C16H15NO/c18-16-8-9-17-15-7-6-13(11-14(15)16)10-12-4-2-1-3-5-12/h1-7,11,17H,8-10H2. The summed E-state index contributed by atoms with van der Waals surface area (Å²) in [5.74, 6) is 0.249. The molecule has 2 nitrogen and oxygen atoms in total. The first-order chi connectivity index (χ1) is 8.83. The fourth-order valence-corrected chi connectivity index (χ4v) is 2.36. The molecule has 0 amide bonds. The second-order valence-electron chi connectivity index (χ2n) is 4.64. The number of nitrogens with one attached hydrogen (secondary N) is 1. The Morgan fingerprint density at radius 1 is 1.00 bits per heavy atom. The normalized spacial score (nSPS) is 13.9. The van der Waals surface area contributed by atoms with Gasteiger partial charge in [-0.25, -0.2) is 0 Å².